The van der Waals surface area contributed by atoms with Crippen molar-refractivity contribution in [2.45, 2.75) is 12.7 Å². The molecule has 0 saturated carbocycles. The molecule has 0 fully saturated rings. The van der Waals surface area contributed by atoms with Crippen LogP contribution in [0, 0.1) is 0 Å². The summed E-state index contributed by atoms with van der Waals surface area (Å²) in [6.07, 6.45) is -1.07. The molecule has 0 bridgehead atoms. The van der Waals surface area contributed by atoms with Crippen LogP contribution in [0.25, 0.3) is 0 Å². The minimum Gasteiger partial charge on any atom is -0.478 e. The highest BCUT2D eigenvalue weighted by Crippen LogP contribution is 2.19. The van der Waals surface area contributed by atoms with Crippen LogP contribution in [-0.2, 0) is 16.1 Å². The standard InChI is InChI=1S/C11H14O5/c1-15-7-10(11(13)14)16-9-5-3-2-4-8(9)6-12/h2-5,10,12H,6-7H2,1H3,(H,13,14). The number of rotatable bonds is 6. The third-order valence-corrected chi connectivity index (χ3v) is 2.01. The van der Waals surface area contributed by atoms with E-state index in [9.17, 15) is 4.79 Å². The van der Waals surface area contributed by atoms with Crippen LogP contribution >= 0.6 is 0 Å². The lowest BCUT2D eigenvalue weighted by Crippen LogP contribution is -2.31. The van der Waals surface area contributed by atoms with E-state index in [2.05, 4.69) is 0 Å². The number of carbonyl (C=O) groups is 1. The van der Waals surface area contributed by atoms with Gasteiger partial charge in [0.1, 0.15) is 5.75 Å². The minimum atomic E-state index is -1.10. The lowest BCUT2D eigenvalue weighted by Gasteiger charge is -2.16. The van der Waals surface area contributed by atoms with Crippen molar-refractivity contribution >= 4 is 5.97 Å². The Bertz CT molecular complexity index is 350. The smallest absolute Gasteiger partial charge is 0.347 e. The Labute approximate surface area is 93.2 Å². The maximum Gasteiger partial charge on any atom is 0.347 e. The maximum atomic E-state index is 10.8. The molecule has 16 heavy (non-hydrogen) atoms. The minimum absolute atomic E-state index is 0.0465. The van der Waals surface area contributed by atoms with E-state index in [1.807, 2.05) is 0 Å². The van der Waals surface area contributed by atoms with Crippen LogP contribution in [0.4, 0.5) is 0 Å². The van der Waals surface area contributed by atoms with Gasteiger partial charge in [0.15, 0.2) is 0 Å². The van der Waals surface area contributed by atoms with Gasteiger partial charge in [0.2, 0.25) is 6.10 Å². The summed E-state index contributed by atoms with van der Waals surface area (Å²) in [6.45, 7) is -0.245. The molecule has 5 heteroatoms. The van der Waals surface area contributed by atoms with E-state index in [-0.39, 0.29) is 13.2 Å². The van der Waals surface area contributed by atoms with E-state index in [0.29, 0.717) is 11.3 Å². The van der Waals surface area contributed by atoms with Gasteiger partial charge in [-0.1, -0.05) is 18.2 Å². The van der Waals surface area contributed by atoms with Crippen molar-refractivity contribution in [1.82, 2.24) is 0 Å². The monoisotopic (exact) mass is 226 g/mol. The zero-order valence-electron chi connectivity index (χ0n) is 8.92. The van der Waals surface area contributed by atoms with Crippen molar-refractivity contribution in [2.75, 3.05) is 13.7 Å². The molecular weight excluding hydrogens is 212 g/mol. The quantitative estimate of drug-likeness (QED) is 0.745. The highest BCUT2D eigenvalue weighted by Gasteiger charge is 2.20. The molecule has 5 nitrogen and oxygen atoms in total. The average molecular weight is 226 g/mol. The summed E-state index contributed by atoms with van der Waals surface area (Å²) in [5, 5.41) is 17.9. The van der Waals surface area contributed by atoms with Gasteiger partial charge in [0, 0.05) is 12.7 Å². The van der Waals surface area contributed by atoms with E-state index in [0.717, 1.165) is 0 Å². The van der Waals surface area contributed by atoms with Crippen molar-refractivity contribution in [3.63, 3.8) is 0 Å². The van der Waals surface area contributed by atoms with Crippen molar-refractivity contribution in [1.29, 1.82) is 0 Å². The van der Waals surface area contributed by atoms with Crippen LogP contribution < -0.4 is 4.74 Å². The Balaban J connectivity index is 2.80. The summed E-state index contributed by atoms with van der Waals surface area (Å²) in [5.74, 6) is -0.746. The summed E-state index contributed by atoms with van der Waals surface area (Å²) in [5.41, 5.74) is 0.546. The van der Waals surface area contributed by atoms with Gasteiger partial charge in [-0.25, -0.2) is 4.79 Å². The predicted molar refractivity (Wildman–Crippen MR) is 56.3 cm³/mol. The Hall–Kier alpha value is -1.59. The number of para-hydroxylation sites is 1. The van der Waals surface area contributed by atoms with E-state index in [1.54, 1.807) is 24.3 Å². The lowest BCUT2D eigenvalue weighted by molar-refractivity contribution is -0.147. The topological polar surface area (TPSA) is 76.0 Å². The molecule has 0 amide bonds. The Morgan fingerprint density at radius 3 is 2.69 bits per heavy atom. The molecule has 1 rings (SSSR count). The molecule has 0 aliphatic heterocycles. The molecular formula is C11H14O5. The van der Waals surface area contributed by atoms with Crippen LogP contribution in [-0.4, -0.2) is 36.0 Å². The summed E-state index contributed by atoms with van der Waals surface area (Å²) in [6, 6.07) is 6.73. The first-order valence-corrected chi connectivity index (χ1v) is 4.76. The normalized spacial score (nSPS) is 12.1. The Morgan fingerprint density at radius 1 is 1.44 bits per heavy atom. The van der Waals surface area contributed by atoms with Crippen LogP contribution in [0.1, 0.15) is 5.56 Å². The molecule has 1 aromatic rings. The fourth-order valence-electron chi connectivity index (χ4n) is 1.21. The van der Waals surface area contributed by atoms with E-state index >= 15 is 0 Å². The maximum absolute atomic E-state index is 10.8. The molecule has 0 aromatic heterocycles. The molecule has 2 N–H and O–H groups in total. The predicted octanol–water partition coefficient (Wildman–Crippen LogP) is 0.657. The van der Waals surface area contributed by atoms with E-state index < -0.39 is 12.1 Å². The third kappa shape index (κ3) is 3.22. The number of carboxylic acid groups (broad SMARTS) is 1. The van der Waals surface area contributed by atoms with Gasteiger partial charge in [-0.2, -0.15) is 0 Å². The first-order chi connectivity index (χ1) is 7.69. The van der Waals surface area contributed by atoms with Crippen molar-refractivity contribution in [2.24, 2.45) is 0 Å². The van der Waals surface area contributed by atoms with Crippen molar-refractivity contribution in [3.05, 3.63) is 29.8 Å². The van der Waals surface area contributed by atoms with Crippen LogP contribution in [0.3, 0.4) is 0 Å². The SMILES string of the molecule is COCC(Oc1ccccc1CO)C(=O)O. The molecule has 0 radical (unpaired) electrons. The molecule has 0 aliphatic carbocycles. The Kier molecular flexibility index (Phi) is 4.75. The lowest BCUT2D eigenvalue weighted by atomic mass is 10.2. The number of ether oxygens (including phenoxy) is 2. The molecule has 88 valence electrons. The molecule has 0 aliphatic rings. The number of methoxy groups -OCH3 is 1. The number of hydrogen-bond donors (Lipinski definition) is 2. The van der Waals surface area contributed by atoms with Gasteiger partial charge < -0.3 is 19.7 Å². The van der Waals surface area contributed by atoms with E-state index in [4.69, 9.17) is 19.7 Å². The summed E-state index contributed by atoms with van der Waals surface area (Å²) >= 11 is 0. The number of aliphatic carboxylic acids is 1. The molecule has 0 saturated heterocycles. The average Bonchev–Trinajstić information content (AvgIpc) is 2.29. The zero-order valence-corrected chi connectivity index (χ0v) is 8.92. The van der Waals surface area contributed by atoms with Gasteiger partial charge in [-0.3, -0.25) is 0 Å². The van der Waals surface area contributed by atoms with Gasteiger partial charge in [0.25, 0.3) is 0 Å². The van der Waals surface area contributed by atoms with Gasteiger partial charge in [0.05, 0.1) is 13.2 Å². The zero-order chi connectivity index (χ0) is 12.0. The second-order valence-electron chi connectivity index (χ2n) is 3.17. The third-order valence-electron chi connectivity index (χ3n) is 2.01. The van der Waals surface area contributed by atoms with Crippen LogP contribution in [0.5, 0.6) is 5.75 Å². The first-order valence-electron chi connectivity index (χ1n) is 4.76. The number of aliphatic hydroxyl groups excluding tert-OH is 1. The largest absolute Gasteiger partial charge is 0.478 e. The van der Waals surface area contributed by atoms with Crippen LogP contribution in [0.15, 0.2) is 24.3 Å². The number of hydrogen-bond acceptors (Lipinski definition) is 4. The summed E-state index contributed by atoms with van der Waals surface area (Å²) in [4.78, 5) is 10.8. The van der Waals surface area contributed by atoms with Gasteiger partial charge >= 0.3 is 5.97 Å². The van der Waals surface area contributed by atoms with Crippen molar-refractivity contribution in [3.8, 4) is 5.75 Å². The molecule has 1 atom stereocenters. The Morgan fingerprint density at radius 2 is 2.12 bits per heavy atom. The fourth-order valence-corrected chi connectivity index (χ4v) is 1.21. The highest BCUT2D eigenvalue weighted by atomic mass is 16.5. The number of aliphatic hydroxyl groups is 1. The number of benzene rings is 1. The van der Waals surface area contributed by atoms with Gasteiger partial charge in [-0.05, 0) is 6.07 Å². The van der Waals surface area contributed by atoms with Crippen molar-refractivity contribution < 1.29 is 24.5 Å². The van der Waals surface area contributed by atoms with Gasteiger partial charge in [-0.15, -0.1) is 0 Å². The second-order valence-corrected chi connectivity index (χ2v) is 3.17. The molecule has 1 aromatic carbocycles. The van der Waals surface area contributed by atoms with E-state index in [1.165, 1.54) is 7.11 Å². The van der Waals surface area contributed by atoms with Crippen LogP contribution in [0.2, 0.25) is 0 Å². The summed E-state index contributed by atoms with van der Waals surface area (Å²) < 4.78 is 10.00. The molecule has 0 heterocycles. The first kappa shape index (κ1) is 12.5. The highest BCUT2D eigenvalue weighted by molar-refractivity contribution is 5.73. The molecule has 1 unspecified atom stereocenters. The molecule has 0 spiro atoms. The number of carboxylic acids is 1. The second kappa shape index (κ2) is 6.09. The summed E-state index contributed by atoms with van der Waals surface area (Å²) in [7, 11) is 1.40. The fraction of sp³-hybridized carbons (Fsp3) is 0.364.